The van der Waals surface area contributed by atoms with Gasteiger partial charge >= 0.3 is 0 Å². The number of benzene rings is 4. The number of aryl methyl sites for hydroxylation is 1. The van der Waals surface area contributed by atoms with E-state index in [4.69, 9.17) is 0 Å². The van der Waals surface area contributed by atoms with Crippen LogP contribution in [0.5, 0.6) is 0 Å². The molecule has 1 aliphatic heterocycles. The summed E-state index contributed by atoms with van der Waals surface area (Å²) in [4.78, 5) is 0. The van der Waals surface area contributed by atoms with Gasteiger partial charge in [0.05, 0.1) is 16.9 Å². The maximum atomic E-state index is 4.65. The van der Waals surface area contributed by atoms with E-state index in [1.54, 1.807) is 0 Å². The Hall–Kier alpha value is -3.98. The molecule has 0 N–H and O–H groups in total. The van der Waals surface area contributed by atoms with Crippen molar-refractivity contribution in [3.8, 4) is 11.1 Å². The predicted molar refractivity (Wildman–Crippen MR) is 133 cm³/mol. The van der Waals surface area contributed by atoms with Gasteiger partial charge in [0.2, 0.25) is 0 Å². The van der Waals surface area contributed by atoms with Gasteiger partial charge < -0.3 is 4.57 Å². The Labute approximate surface area is 186 Å². The van der Waals surface area contributed by atoms with Crippen LogP contribution in [0.2, 0.25) is 0 Å². The molecule has 0 radical (unpaired) electrons. The normalized spacial score (nSPS) is 14.5. The first-order valence-electron chi connectivity index (χ1n) is 11.1. The van der Waals surface area contributed by atoms with Crippen molar-refractivity contribution < 1.29 is 0 Å². The topological polar surface area (TPSA) is 29.6 Å². The van der Waals surface area contributed by atoms with Gasteiger partial charge in [0, 0.05) is 35.3 Å². The molecule has 2 aliphatic rings. The Morgan fingerprint density at radius 1 is 0.625 bits per heavy atom. The highest BCUT2D eigenvalue weighted by Crippen LogP contribution is 2.38. The van der Waals surface area contributed by atoms with Gasteiger partial charge in [-0.1, -0.05) is 72.8 Å². The van der Waals surface area contributed by atoms with Gasteiger partial charge in [0.25, 0.3) is 0 Å². The van der Waals surface area contributed by atoms with Crippen LogP contribution in [0.15, 0.2) is 95.1 Å². The van der Waals surface area contributed by atoms with Crippen LogP contribution in [0.1, 0.15) is 28.7 Å². The molecule has 0 saturated carbocycles. The molecule has 0 fully saturated rings. The van der Waals surface area contributed by atoms with Crippen LogP contribution in [0.3, 0.4) is 0 Å². The first-order valence-corrected chi connectivity index (χ1v) is 11.1. The Bertz CT molecular complexity index is 1630. The van der Waals surface area contributed by atoms with Gasteiger partial charge in [-0.15, -0.1) is 0 Å². The number of nitrogens with zero attached hydrogens (tertiary/aromatic N) is 3. The molecule has 0 spiro atoms. The van der Waals surface area contributed by atoms with E-state index in [1.807, 2.05) is 0 Å². The van der Waals surface area contributed by atoms with Crippen molar-refractivity contribution in [2.75, 3.05) is 0 Å². The number of hydrogen-bond acceptors (Lipinski definition) is 2. The summed E-state index contributed by atoms with van der Waals surface area (Å²) in [5.74, 6) is 0. The van der Waals surface area contributed by atoms with Crippen molar-refractivity contribution in [2.45, 2.75) is 12.8 Å². The fraction of sp³-hybridized carbons (Fsp3) is 0.103. The summed E-state index contributed by atoms with van der Waals surface area (Å²) in [6.45, 7) is 0. The van der Waals surface area contributed by atoms with E-state index in [0.29, 0.717) is 0 Å². The molecule has 4 aromatic carbocycles. The molecule has 152 valence electrons. The lowest BCUT2D eigenvalue weighted by molar-refractivity contribution is 1.01. The van der Waals surface area contributed by atoms with Crippen LogP contribution in [0, 0.1) is 0 Å². The second-order valence-corrected chi connectivity index (χ2v) is 8.75. The van der Waals surface area contributed by atoms with E-state index < -0.39 is 0 Å². The minimum absolute atomic E-state index is 0.751. The first-order chi connectivity index (χ1) is 15.8. The molecule has 0 bridgehead atoms. The summed E-state index contributed by atoms with van der Waals surface area (Å²) >= 11 is 0. The monoisotopic (exact) mass is 411 g/mol. The fourth-order valence-electron chi connectivity index (χ4n) is 5.43. The number of rotatable bonds is 2. The maximum Gasteiger partial charge on any atom is 0.0784 e. The number of aromatic nitrogens is 1. The molecule has 0 atom stereocenters. The molecule has 1 aliphatic carbocycles. The molecule has 2 heterocycles. The largest absolute Gasteiger partial charge is 0.343 e. The third kappa shape index (κ3) is 2.42. The minimum atomic E-state index is 0.751. The van der Waals surface area contributed by atoms with E-state index in [-0.39, 0.29) is 0 Å². The summed E-state index contributed by atoms with van der Waals surface area (Å²) in [7, 11) is 2.14. The van der Waals surface area contributed by atoms with E-state index in [9.17, 15) is 0 Å². The average molecular weight is 412 g/mol. The van der Waals surface area contributed by atoms with E-state index in [2.05, 4.69) is 107 Å². The fourth-order valence-corrected chi connectivity index (χ4v) is 5.43. The summed E-state index contributed by atoms with van der Waals surface area (Å²) in [6, 6.07) is 30.6. The van der Waals surface area contributed by atoms with Crippen LogP contribution >= 0.6 is 0 Å². The number of fused-ring (bicyclic) bond motifs is 6. The van der Waals surface area contributed by atoms with Crippen molar-refractivity contribution >= 4 is 33.2 Å². The molecule has 3 heteroatoms. The van der Waals surface area contributed by atoms with Crippen LogP contribution in [0.25, 0.3) is 32.9 Å². The van der Waals surface area contributed by atoms with E-state index in [1.165, 1.54) is 55.2 Å². The lowest BCUT2D eigenvalue weighted by atomic mass is 9.96. The molecular weight excluding hydrogens is 390 g/mol. The van der Waals surface area contributed by atoms with Crippen molar-refractivity contribution in [3.63, 3.8) is 0 Å². The zero-order valence-corrected chi connectivity index (χ0v) is 17.8. The molecule has 3 nitrogen and oxygen atoms in total. The van der Waals surface area contributed by atoms with E-state index >= 15 is 0 Å². The summed E-state index contributed by atoms with van der Waals surface area (Å²) in [5.41, 5.74) is 12.4. The molecule has 5 aromatic rings. The Morgan fingerprint density at radius 2 is 1.38 bits per heavy atom. The van der Waals surface area contributed by atoms with Crippen LogP contribution in [-0.2, 0) is 13.5 Å². The maximum absolute atomic E-state index is 4.65. The highest BCUT2D eigenvalue weighted by atomic mass is 15.2. The second-order valence-electron chi connectivity index (χ2n) is 8.75. The van der Waals surface area contributed by atoms with Gasteiger partial charge in [-0.2, -0.15) is 10.2 Å². The highest BCUT2D eigenvalue weighted by Gasteiger charge is 2.23. The molecule has 32 heavy (non-hydrogen) atoms. The summed E-state index contributed by atoms with van der Waals surface area (Å²) in [5, 5.41) is 11.8. The lowest BCUT2D eigenvalue weighted by Gasteiger charge is -2.08. The van der Waals surface area contributed by atoms with Gasteiger partial charge in [-0.3, -0.25) is 0 Å². The third-order valence-electron chi connectivity index (χ3n) is 7.00. The van der Waals surface area contributed by atoms with Crippen LogP contribution in [0.4, 0.5) is 0 Å². The lowest BCUT2D eigenvalue weighted by Crippen LogP contribution is -2.07. The van der Waals surface area contributed by atoms with Crippen LogP contribution in [-0.4, -0.2) is 16.0 Å². The molecule has 0 saturated heterocycles. The van der Waals surface area contributed by atoms with Crippen molar-refractivity contribution in [3.05, 3.63) is 107 Å². The smallest absolute Gasteiger partial charge is 0.0784 e. The van der Waals surface area contributed by atoms with Gasteiger partial charge in [0.1, 0.15) is 0 Å². The highest BCUT2D eigenvalue weighted by molar-refractivity contribution is 6.25. The molecule has 1 aromatic heterocycles. The Kier molecular flexibility index (Phi) is 3.59. The predicted octanol–water partition coefficient (Wildman–Crippen LogP) is 6.50. The van der Waals surface area contributed by atoms with Gasteiger partial charge in [-0.25, -0.2) is 0 Å². The van der Waals surface area contributed by atoms with Crippen molar-refractivity contribution in [1.82, 2.24) is 4.57 Å². The SMILES string of the molecule is Cn1c2ccccc2c2cccc(C3=NN=C(c4ccc5c(c4)-c4ccccc4C5)C3)c21. The number of para-hydroxylation sites is 2. The van der Waals surface area contributed by atoms with Crippen molar-refractivity contribution in [1.29, 1.82) is 0 Å². The second kappa shape index (κ2) is 6.51. The zero-order chi connectivity index (χ0) is 21.2. The minimum Gasteiger partial charge on any atom is -0.343 e. The summed E-state index contributed by atoms with van der Waals surface area (Å²) in [6.07, 6.45) is 1.77. The molecule has 0 amide bonds. The average Bonchev–Trinajstić information content (AvgIpc) is 3.54. The quantitative estimate of drug-likeness (QED) is 0.311. The Morgan fingerprint density at radius 3 is 2.34 bits per heavy atom. The van der Waals surface area contributed by atoms with E-state index in [0.717, 1.165) is 24.3 Å². The summed E-state index contributed by atoms with van der Waals surface area (Å²) < 4.78 is 2.28. The molecule has 0 unspecified atom stereocenters. The molecular formula is C29H21N3. The Balaban J connectivity index is 1.27. The van der Waals surface area contributed by atoms with Crippen LogP contribution < -0.4 is 0 Å². The van der Waals surface area contributed by atoms with Crippen molar-refractivity contribution in [2.24, 2.45) is 17.3 Å². The van der Waals surface area contributed by atoms with Gasteiger partial charge in [0.15, 0.2) is 0 Å². The number of hydrogen-bond donors (Lipinski definition) is 0. The zero-order valence-electron chi connectivity index (χ0n) is 17.8. The van der Waals surface area contributed by atoms with Gasteiger partial charge in [-0.05, 0) is 46.4 Å². The first kappa shape index (κ1) is 17.7. The standard InChI is InChI=1S/C29H21N3/c1-32-28-12-5-4-9-22(28)23-10-6-11-24(29(23)32)27-17-26(30-31-27)20-14-13-19-15-18-7-2-3-8-21(18)25(19)16-20/h2-14,16H,15,17H2,1H3. The third-order valence-corrected chi connectivity index (χ3v) is 7.00. The molecule has 7 rings (SSSR count).